The van der Waals surface area contributed by atoms with E-state index in [4.69, 9.17) is 0 Å². The molecule has 152 valence electrons. The van der Waals surface area contributed by atoms with Crippen molar-refractivity contribution in [1.29, 1.82) is 0 Å². The molecule has 0 saturated heterocycles. The maximum Gasteiger partial charge on any atom is 0.270 e. The van der Waals surface area contributed by atoms with Crippen LogP contribution in [0.15, 0.2) is 30.5 Å². The fourth-order valence-corrected chi connectivity index (χ4v) is 3.88. The Morgan fingerprint density at radius 1 is 1.34 bits per heavy atom. The summed E-state index contributed by atoms with van der Waals surface area (Å²) < 4.78 is 28.8. The third kappa shape index (κ3) is 3.90. The van der Waals surface area contributed by atoms with E-state index in [9.17, 15) is 18.4 Å². The molecule has 0 spiro atoms. The molecule has 1 unspecified atom stereocenters. The van der Waals surface area contributed by atoms with E-state index in [-0.39, 0.29) is 37.5 Å². The summed E-state index contributed by atoms with van der Waals surface area (Å²) in [6.07, 6.45) is 2.38. The van der Waals surface area contributed by atoms with Gasteiger partial charge in [0.25, 0.3) is 5.91 Å². The second kappa shape index (κ2) is 7.38. The van der Waals surface area contributed by atoms with Gasteiger partial charge in [0.15, 0.2) is 0 Å². The number of aldehydes is 1. The normalized spacial score (nSPS) is 17.9. The summed E-state index contributed by atoms with van der Waals surface area (Å²) in [5.74, 6) is -2.70. The number of aryl methyl sites for hydroxylation is 1. The number of benzene rings is 1. The van der Waals surface area contributed by atoms with Crippen molar-refractivity contribution in [2.75, 3.05) is 0 Å². The number of fused-ring (bicyclic) bond motifs is 1. The summed E-state index contributed by atoms with van der Waals surface area (Å²) in [5, 5.41) is 6.96. The number of alkyl halides is 2. The van der Waals surface area contributed by atoms with Crippen molar-refractivity contribution in [3.8, 4) is 0 Å². The van der Waals surface area contributed by atoms with E-state index >= 15 is 0 Å². The van der Waals surface area contributed by atoms with Crippen LogP contribution in [0, 0.1) is 5.92 Å². The van der Waals surface area contributed by atoms with Crippen molar-refractivity contribution < 1.29 is 18.4 Å². The molecule has 2 N–H and O–H groups in total. The van der Waals surface area contributed by atoms with Gasteiger partial charge < -0.3 is 10.3 Å². The molecule has 7 nitrogen and oxygen atoms in total. The third-order valence-electron chi connectivity index (χ3n) is 5.53. The van der Waals surface area contributed by atoms with Crippen LogP contribution in [0.1, 0.15) is 58.4 Å². The molecule has 1 aliphatic rings. The van der Waals surface area contributed by atoms with Gasteiger partial charge in [-0.25, -0.2) is 13.8 Å². The van der Waals surface area contributed by atoms with Gasteiger partial charge in [0.2, 0.25) is 5.92 Å². The van der Waals surface area contributed by atoms with Crippen LogP contribution in [0.3, 0.4) is 0 Å². The first-order chi connectivity index (χ1) is 13.9. The Kier molecular flexibility index (Phi) is 4.89. The quantitative estimate of drug-likeness (QED) is 0.641. The molecule has 1 amide bonds. The van der Waals surface area contributed by atoms with E-state index in [1.54, 1.807) is 31.3 Å². The number of nitrogens with one attached hydrogen (secondary N) is 2. The van der Waals surface area contributed by atoms with Crippen molar-refractivity contribution in [1.82, 2.24) is 25.1 Å². The van der Waals surface area contributed by atoms with Crippen LogP contribution in [0.25, 0.3) is 11.0 Å². The number of aromatic nitrogens is 4. The molecule has 4 rings (SSSR count). The molecular weight excluding hydrogens is 380 g/mol. The lowest BCUT2D eigenvalue weighted by Gasteiger charge is -2.33. The van der Waals surface area contributed by atoms with Gasteiger partial charge in [-0.3, -0.25) is 14.3 Å². The molecule has 0 aliphatic heterocycles. The number of carbonyl (C=O) groups is 2. The fourth-order valence-electron chi connectivity index (χ4n) is 3.88. The van der Waals surface area contributed by atoms with Gasteiger partial charge in [-0.2, -0.15) is 5.10 Å². The van der Waals surface area contributed by atoms with Crippen LogP contribution >= 0.6 is 0 Å². The van der Waals surface area contributed by atoms with Crippen LogP contribution < -0.4 is 5.32 Å². The molecule has 9 heteroatoms. The van der Waals surface area contributed by atoms with Crippen LogP contribution in [0.5, 0.6) is 0 Å². The van der Waals surface area contributed by atoms with Crippen molar-refractivity contribution in [2.45, 2.75) is 37.6 Å². The lowest BCUT2D eigenvalue weighted by molar-refractivity contribution is -0.0496. The Hall–Kier alpha value is -3.10. The number of hydrogen-bond acceptors (Lipinski definition) is 4. The molecule has 1 saturated carbocycles. The summed E-state index contributed by atoms with van der Waals surface area (Å²) in [4.78, 5) is 31.5. The summed E-state index contributed by atoms with van der Waals surface area (Å²) >= 11 is 0. The van der Waals surface area contributed by atoms with Crippen molar-refractivity contribution in [3.63, 3.8) is 0 Å². The minimum Gasteiger partial charge on any atom is -0.340 e. The molecule has 29 heavy (non-hydrogen) atoms. The first kappa shape index (κ1) is 19.2. The van der Waals surface area contributed by atoms with Crippen molar-refractivity contribution >= 4 is 23.2 Å². The Balaban J connectivity index is 1.67. The zero-order valence-electron chi connectivity index (χ0n) is 15.9. The Morgan fingerprint density at radius 2 is 2.10 bits per heavy atom. The molecule has 1 fully saturated rings. The van der Waals surface area contributed by atoms with Gasteiger partial charge in [0, 0.05) is 31.6 Å². The van der Waals surface area contributed by atoms with E-state index in [0.29, 0.717) is 28.1 Å². The predicted octanol–water partition coefficient (Wildman–Crippen LogP) is 3.41. The molecule has 1 aromatic carbocycles. The van der Waals surface area contributed by atoms with Crippen LogP contribution in [0.4, 0.5) is 8.78 Å². The van der Waals surface area contributed by atoms with Crippen LogP contribution in [0.2, 0.25) is 0 Å². The average Bonchev–Trinajstić information content (AvgIpc) is 3.31. The van der Waals surface area contributed by atoms with E-state index in [1.807, 2.05) is 0 Å². The highest BCUT2D eigenvalue weighted by Crippen LogP contribution is 2.41. The molecule has 1 aliphatic carbocycles. The van der Waals surface area contributed by atoms with Crippen molar-refractivity contribution in [3.05, 3.63) is 47.5 Å². The molecule has 1 atom stereocenters. The third-order valence-corrected chi connectivity index (χ3v) is 5.53. The monoisotopic (exact) mass is 401 g/mol. The second-order valence-electron chi connectivity index (χ2n) is 7.50. The van der Waals surface area contributed by atoms with Gasteiger partial charge in [-0.05, 0) is 43.0 Å². The van der Waals surface area contributed by atoms with E-state index in [2.05, 4.69) is 20.4 Å². The van der Waals surface area contributed by atoms with Crippen LogP contribution in [-0.2, 0) is 7.05 Å². The SMILES string of the molecule is Cn1nccc1C(=O)NC(c1nc2ccc(C=O)cc2[nH]1)C1CCC(F)(F)CC1. The second-order valence-corrected chi connectivity index (χ2v) is 7.50. The Bertz CT molecular complexity index is 1050. The highest BCUT2D eigenvalue weighted by atomic mass is 19.3. The number of rotatable bonds is 5. The first-order valence-electron chi connectivity index (χ1n) is 9.48. The van der Waals surface area contributed by atoms with Gasteiger partial charge in [-0.1, -0.05) is 0 Å². The number of imidazole rings is 1. The van der Waals surface area contributed by atoms with E-state index in [1.165, 1.54) is 10.9 Å². The number of amides is 1. The van der Waals surface area contributed by atoms with Gasteiger partial charge in [-0.15, -0.1) is 0 Å². The van der Waals surface area contributed by atoms with E-state index < -0.39 is 12.0 Å². The molecule has 0 bridgehead atoms. The largest absolute Gasteiger partial charge is 0.340 e. The smallest absolute Gasteiger partial charge is 0.270 e. The zero-order chi connectivity index (χ0) is 20.6. The Labute approximate surface area is 165 Å². The average molecular weight is 401 g/mol. The lowest BCUT2D eigenvalue weighted by atomic mass is 9.81. The summed E-state index contributed by atoms with van der Waals surface area (Å²) in [6, 6.07) is 6.09. The number of carbonyl (C=O) groups excluding carboxylic acids is 2. The predicted molar refractivity (Wildman–Crippen MR) is 102 cm³/mol. The lowest BCUT2D eigenvalue weighted by Crippen LogP contribution is -2.38. The molecule has 2 aromatic heterocycles. The molecule has 3 aromatic rings. The highest BCUT2D eigenvalue weighted by Gasteiger charge is 2.39. The number of aromatic amines is 1. The number of halogens is 2. The summed E-state index contributed by atoms with van der Waals surface area (Å²) in [7, 11) is 1.66. The number of hydrogen-bond donors (Lipinski definition) is 2. The topological polar surface area (TPSA) is 92.7 Å². The number of H-pyrrole nitrogens is 1. The maximum atomic E-state index is 13.7. The first-order valence-corrected chi connectivity index (χ1v) is 9.48. The van der Waals surface area contributed by atoms with E-state index in [0.717, 1.165) is 6.29 Å². The van der Waals surface area contributed by atoms with Crippen LogP contribution in [-0.4, -0.2) is 37.9 Å². The highest BCUT2D eigenvalue weighted by molar-refractivity contribution is 5.92. The molecule has 2 heterocycles. The number of nitrogens with zero attached hydrogens (tertiary/aromatic N) is 3. The summed E-state index contributed by atoms with van der Waals surface area (Å²) in [5.41, 5.74) is 2.17. The molecular formula is C20H21F2N5O2. The zero-order valence-corrected chi connectivity index (χ0v) is 15.9. The minimum absolute atomic E-state index is 0.182. The van der Waals surface area contributed by atoms with Crippen molar-refractivity contribution in [2.24, 2.45) is 13.0 Å². The Morgan fingerprint density at radius 3 is 2.76 bits per heavy atom. The fraction of sp³-hybridized carbons (Fsp3) is 0.400. The maximum absolute atomic E-state index is 13.7. The van der Waals surface area contributed by atoms with Gasteiger partial charge >= 0.3 is 0 Å². The van der Waals surface area contributed by atoms with Gasteiger partial charge in [0.1, 0.15) is 17.8 Å². The summed E-state index contributed by atoms with van der Waals surface area (Å²) in [6.45, 7) is 0. The standard InChI is InChI=1S/C20H21F2N5O2/c1-27-16(6-9-23-27)19(29)26-17(13-4-7-20(21,22)8-5-13)18-24-14-3-2-12(11-28)10-15(14)25-18/h2-3,6,9-11,13,17H,4-5,7-8H2,1H3,(H,24,25)(H,26,29). The van der Waals surface area contributed by atoms with Gasteiger partial charge in [0.05, 0.1) is 17.1 Å². The minimum atomic E-state index is -2.67. The molecule has 0 radical (unpaired) electrons.